The fourth-order valence-electron chi connectivity index (χ4n) is 4.52. The summed E-state index contributed by atoms with van der Waals surface area (Å²) < 4.78 is 6.35. The summed E-state index contributed by atoms with van der Waals surface area (Å²) >= 11 is 0. The molecule has 0 saturated heterocycles. The van der Waals surface area contributed by atoms with E-state index in [1.807, 2.05) is 81.4 Å². The van der Waals surface area contributed by atoms with Gasteiger partial charge in [-0.2, -0.15) is 0 Å². The number of amides is 1. The van der Waals surface area contributed by atoms with E-state index in [0.717, 1.165) is 33.4 Å². The molecule has 2 aromatic rings. The summed E-state index contributed by atoms with van der Waals surface area (Å²) in [4.78, 5) is 13.5. The predicted molar refractivity (Wildman–Crippen MR) is 134 cm³/mol. The van der Waals surface area contributed by atoms with Crippen molar-refractivity contribution < 1.29 is 19.7 Å². The lowest BCUT2D eigenvalue weighted by atomic mass is 9.79. The second kappa shape index (κ2) is 7.96. The Balaban J connectivity index is 2.00. The molecule has 1 aliphatic heterocycles. The van der Waals surface area contributed by atoms with Gasteiger partial charge in [0.2, 0.25) is 0 Å². The summed E-state index contributed by atoms with van der Waals surface area (Å²) in [6, 6.07) is 3.72. The molecule has 1 atom stereocenters. The van der Waals surface area contributed by atoms with Crippen LogP contribution in [-0.2, 0) is 22.0 Å². The van der Waals surface area contributed by atoms with Gasteiger partial charge in [0.25, 0.3) is 5.91 Å². The van der Waals surface area contributed by atoms with Crippen molar-refractivity contribution in [3.63, 3.8) is 0 Å². The number of fused-ring (bicyclic) bond motifs is 1. The standard InChI is InChI=1S/C28H39NO4/c1-15-16(2)24-19(17(3)22(15)30)11-12-28(10,33-24)25(32)29-18-13-20(26(4,5)6)23(31)21(14-18)27(7,8)9/h13-14,30-31H,11-12H2,1-10H3,(H,29,32). The topological polar surface area (TPSA) is 78.8 Å². The van der Waals surface area contributed by atoms with Crippen molar-refractivity contribution in [3.8, 4) is 17.2 Å². The van der Waals surface area contributed by atoms with Gasteiger partial charge in [0.05, 0.1) is 0 Å². The van der Waals surface area contributed by atoms with Crippen molar-refractivity contribution in [1.82, 2.24) is 0 Å². The van der Waals surface area contributed by atoms with Crippen molar-refractivity contribution in [2.45, 2.75) is 98.5 Å². The lowest BCUT2D eigenvalue weighted by Crippen LogP contribution is -2.48. The van der Waals surface area contributed by atoms with E-state index in [2.05, 4.69) is 5.32 Å². The van der Waals surface area contributed by atoms with Gasteiger partial charge in [-0.1, -0.05) is 41.5 Å². The van der Waals surface area contributed by atoms with Gasteiger partial charge in [-0.15, -0.1) is 0 Å². The number of phenols is 2. The number of benzene rings is 2. The highest BCUT2D eigenvalue weighted by molar-refractivity contribution is 5.98. The van der Waals surface area contributed by atoms with Crippen molar-refractivity contribution in [1.29, 1.82) is 0 Å². The number of nitrogens with one attached hydrogen (secondary N) is 1. The molecule has 1 heterocycles. The van der Waals surface area contributed by atoms with Gasteiger partial charge in [0, 0.05) is 28.8 Å². The van der Waals surface area contributed by atoms with E-state index >= 15 is 0 Å². The second-order valence-electron chi connectivity index (χ2n) is 11.7. The maximum absolute atomic E-state index is 13.5. The van der Waals surface area contributed by atoms with Crippen molar-refractivity contribution >= 4 is 11.6 Å². The largest absolute Gasteiger partial charge is 0.507 e. The Morgan fingerprint density at radius 3 is 1.91 bits per heavy atom. The minimum atomic E-state index is -1.05. The van der Waals surface area contributed by atoms with Crippen molar-refractivity contribution in [2.75, 3.05) is 5.32 Å². The molecule has 3 rings (SSSR count). The number of anilines is 1. The minimum absolute atomic E-state index is 0.221. The molecule has 0 spiro atoms. The van der Waals surface area contributed by atoms with Gasteiger partial charge in [0.1, 0.15) is 17.2 Å². The molecule has 5 heteroatoms. The third-order valence-electron chi connectivity index (χ3n) is 6.98. The van der Waals surface area contributed by atoms with E-state index in [9.17, 15) is 15.0 Å². The van der Waals surface area contributed by atoms with Crippen LogP contribution in [0.25, 0.3) is 0 Å². The molecule has 2 aromatic carbocycles. The highest BCUT2D eigenvalue weighted by Crippen LogP contribution is 2.44. The van der Waals surface area contributed by atoms with Crippen LogP contribution >= 0.6 is 0 Å². The van der Waals surface area contributed by atoms with Crippen LogP contribution in [0.15, 0.2) is 12.1 Å². The highest BCUT2D eigenvalue weighted by Gasteiger charge is 2.41. The lowest BCUT2D eigenvalue weighted by molar-refractivity contribution is -0.131. The van der Waals surface area contributed by atoms with Crippen LogP contribution in [0, 0.1) is 20.8 Å². The number of ether oxygens (including phenoxy) is 1. The third kappa shape index (κ3) is 4.42. The Labute approximate surface area is 198 Å². The van der Waals surface area contributed by atoms with Gasteiger partial charge < -0.3 is 20.3 Å². The van der Waals surface area contributed by atoms with E-state index in [-0.39, 0.29) is 22.5 Å². The zero-order valence-electron chi connectivity index (χ0n) is 21.8. The van der Waals surface area contributed by atoms with Crippen LogP contribution in [0.5, 0.6) is 17.2 Å². The fraction of sp³-hybridized carbons (Fsp3) is 0.536. The number of hydrogen-bond acceptors (Lipinski definition) is 4. The zero-order valence-corrected chi connectivity index (χ0v) is 21.8. The molecular weight excluding hydrogens is 414 g/mol. The maximum atomic E-state index is 13.5. The van der Waals surface area contributed by atoms with Crippen LogP contribution in [0.2, 0.25) is 0 Å². The van der Waals surface area contributed by atoms with E-state index in [1.54, 1.807) is 0 Å². The fourth-order valence-corrected chi connectivity index (χ4v) is 4.52. The smallest absolute Gasteiger partial charge is 0.268 e. The summed E-state index contributed by atoms with van der Waals surface area (Å²) in [6.45, 7) is 19.8. The van der Waals surface area contributed by atoms with E-state index < -0.39 is 5.60 Å². The molecule has 0 fully saturated rings. The van der Waals surface area contributed by atoms with Gasteiger partial charge in [-0.3, -0.25) is 4.79 Å². The summed E-state index contributed by atoms with van der Waals surface area (Å²) in [5.41, 5.74) is 4.04. The van der Waals surface area contributed by atoms with E-state index in [0.29, 0.717) is 30.0 Å². The van der Waals surface area contributed by atoms with Gasteiger partial charge in [-0.25, -0.2) is 0 Å². The van der Waals surface area contributed by atoms with Crippen LogP contribution in [0.3, 0.4) is 0 Å². The average molecular weight is 454 g/mol. The summed E-state index contributed by atoms with van der Waals surface area (Å²) in [5.74, 6) is 1.06. The molecule has 1 aliphatic rings. The SMILES string of the molecule is Cc1c(C)c2c(c(C)c1O)CCC(C)(C(=O)Nc1cc(C(C)(C)C)c(O)c(C(C)(C)C)c1)O2. The van der Waals surface area contributed by atoms with Gasteiger partial charge >= 0.3 is 0 Å². The maximum Gasteiger partial charge on any atom is 0.268 e. The van der Waals surface area contributed by atoms with Crippen molar-refractivity contribution in [3.05, 3.63) is 45.5 Å². The number of aromatic hydroxyl groups is 2. The number of rotatable bonds is 2. The molecule has 33 heavy (non-hydrogen) atoms. The molecule has 180 valence electrons. The minimum Gasteiger partial charge on any atom is -0.507 e. The van der Waals surface area contributed by atoms with Crippen LogP contribution < -0.4 is 10.1 Å². The first-order chi connectivity index (χ1) is 15.0. The van der Waals surface area contributed by atoms with Crippen LogP contribution in [0.1, 0.15) is 88.3 Å². The zero-order chi connectivity index (χ0) is 25.1. The van der Waals surface area contributed by atoms with E-state index in [4.69, 9.17) is 4.74 Å². The Kier molecular flexibility index (Phi) is 6.02. The molecule has 5 nitrogen and oxygen atoms in total. The number of hydrogen-bond donors (Lipinski definition) is 3. The number of phenolic OH excluding ortho intramolecular Hbond substituents is 2. The molecular formula is C28H39NO4. The lowest BCUT2D eigenvalue weighted by Gasteiger charge is -2.37. The molecule has 0 bridgehead atoms. The van der Waals surface area contributed by atoms with Gasteiger partial charge in [0.15, 0.2) is 5.60 Å². The second-order valence-corrected chi connectivity index (χ2v) is 11.7. The Hall–Kier alpha value is -2.69. The molecule has 0 aliphatic carbocycles. The summed E-state index contributed by atoms with van der Waals surface area (Å²) in [7, 11) is 0. The van der Waals surface area contributed by atoms with E-state index in [1.165, 1.54) is 0 Å². The quantitative estimate of drug-likeness (QED) is 0.464. The predicted octanol–water partition coefficient (Wildman–Crippen LogP) is 6.34. The number of carbonyl (C=O) groups is 1. The first-order valence-corrected chi connectivity index (χ1v) is 11.7. The van der Waals surface area contributed by atoms with Crippen molar-refractivity contribution in [2.24, 2.45) is 0 Å². The van der Waals surface area contributed by atoms with Crippen LogP contribution in [0.4, 0.5) is 5.69 Å². The Bertz CT molecular complexity index is 1080. The first-order valence-electron chi connectivity index (χ1n) is 11.7. The molecule has 0 aromatic heterocycles. The Morgan fingerprint density at radius 2 is 1.42 bits per heavy atom. The normalized spacial score (nSPS) is 18.5. The molecule has 1 amide bonds. The highest BCUT2D eigenvalue weighted by atomic mass is 16.5. The monoisotopic (exact) mass is 453 g/mol. The molecule has 0 radical (unpaired) electrons. The molecule has 0 saturated carbocycles. The summed E-state index contributed by atoms with van der Waals surface area (Å²) in [6.07, 6.45) is 1.15. The van der Waals surface area contributed by atoms with Crippen LogP contribution in [-0.4, -0.2) is 21.7 Å². The molecule has 1 unspecified atom stereocenters. The third-order valence-corrected chi connectivity index (χ3v) is 6.98. The average Bonchev–Trinajstić information content (AvgIpc) is 2.70. The summed E-state index contributed by atoms with van der Waals surface area (Å²) in [5, 5.41) is 24.5. The first kappa shape index (κ1) is 24.9. The van der Waals surface area contributed by atoms with Gasteiger partial charge in [-0.05, 0) is 73.8 Å². The Morgan fingerprint density at radius 1 is 0.909 bits per heavy atom. The number of carbonyl (C=O) groups excluding carboxylic acids is 1. The molecule has 3 N–H and O–H groups in total.